The summed E-state index contributed by atoms with van der Waals surface area (Å²) >= 11 is 0. The van der Waals surface area contributed by atoms with E-state index in [9.17, 15) is 13.2 Å². The minimum absolute atomic E-state index is 0.0563. The number of furan rings is 1. The number of amides is 1. The quantitative estimate of drug-likeness (QED) is 0.808. The van der Waals surface area contributed by atoms with Crippen LogP contribution in [-0.2, 0) is 10.0 Å². The van der Waals surface area contributed by atoms with Gasteiger partial charge in [-0.15, -0.1) is 0 Å². The topological polar surface area (TPSA) is 79.6 Å². The van der Waals surface area contributed by atoms with E-state index in [0.717, 1.165) is 31.4 Å². The molecule has 6 nitrogen and oxygen atoms in total. The summed E-state index contributed by atoms with van der Waals surface area (Å²) in [5.41, 5.74) is 0.487. The largest absolute Gasteiger partial charge is 0.467 e. The van der Waals surface area contributed by atoms with Crippen molar-refractivity contribution in [1.82, 2.24) is 9.62 Å². The molecular formula is C19H22N2O4S. The summed E-state index contributed by atoms with van der Waals surface area (Å²) in [4.78, 5) is 15.1. The Morgan fingerprint density at radius 3 is 2.38 bits per heavy atom. The number of nitrogens with zero attached hydrogens (tertiary/aromatic N) is 1. The van der Waals surface area contributed by atoms with Crippen LogP contribution in [0.15, 0.2) is 52.0 Å². The second-order valence-electron chi connectivity index (χ2n) is 7.05. The lowest BCUT2D eigenvalue weighted by Crippen LogP contribution is -2.35. The molecule has 0 saturated heterocycles. The predicted octanol–water partition coefficient (Wildman–Crippen LogP) is 3.09. The average molecular weight is 374 g/mol. The van der Waals surface area contributed by atoms with Crippen LogP contribution < -0.4 is 4.72 Å². The van der Waals surface area contributed by atoms with Crippen LogP contribution in [0.2, 0.25) is 0 Å². The Bertz CT molecular complexity index is 882. The highest BCUT2D eigenvalue weighted by atomic mass is 32.2. The lowest BCUT2D eigenvalue weighted by Gasteiger charge is -2.28. The van der Waals surface area contributed by atoms with E-state index in [1.807, 2.05) is 24.0 Å². The smallest absolute Gasteiger partial charge is 0.254 e. The SMILES string of the molecule is CC(c1ccco1)N(C(=O)c1ccc(S(=O)(=O)NC2CC2)cc1)C1CC1. The van der Waals surface area contributed by atoms with Crippen LogP contribution in [0.5, 0.6) is 0 Å². The van der Waals surface area contributed by atoms with Gasteiger partial charge in [-0.2, -0.15) is 0 Å². The van der Waals surface area contributed by atoms with E-state index in [1.165, 1.54) is 12.1 Å². The van der Waals surface area contributed by atoms with E-state index < -0.39 is 10.0 Å². The fourth-order valence-electron chi connectivity index (χ4n) is 3.09. The summed E-state index contributed by atoms with van der Waals surface area (Å²) in [6.07, 6.45) is 5.34. The summed E-state index contributed by atoms with van der Waals surface area (Å²) in [5.74, 6) is 0.647. The Hall–Kier alpha value is -2.12. The van der Waals surface area contributed by atoms with Crippen LogP contribution in [0.25, 0.3) is 0 Å². The van der Waals surface area contributed by atoms with Crippen molar-refractivity contribution in [2.24, 2.45) is 0 Å². The van der Waals surface area contributed by atoms with E-state index >= 15 is 0 Å². The standard InChI is InChI=1S/C19H22N2O4S/c1-13(18-3-2-12-25-18)21(16-8-9-16)19(22)14-4-10-17(11-5-14)26(23,24)20-15-6-7-15/h2-5,10-13,15-16,20H,6-9H2,1H3. The summed E-state index contributed by atoms with van der Waals surface area (Å²) in [6.45, 7) is 1.95. The number of carbonyl (C=O) groups is 1. The van der Waals surface area contributed by atoms with Gasteiger partial charge in [0.05, 0.1) is 17.2 Å². The highest BCUT2D eigenvalue weighted by molar-refractivity contribution is 7.89. The van der Waals surface area contributed by atoms with E-state index in [-0.39, 0.29) is 28.9 Å². The third-order valence-electron chi connectivity index (χ3n) is 4.86. The molecule has 0 aliphatic heterocycles. The molecule has 2 aliphatic carbocycles. The summed E-state index contributed by atoms with van der Waals surface area (Å²) in [6, 6.07) is 9.97. The number of sulfonamides is 1. The van der Waals surface area contributed by atoms with Crippen molar-refractivity contribution in [3.05, 3.63) is 54.0 Å². The molecule has 2 saturated carbocycles. The molecule has 2 aromatic rings. The molecule has 7 heteroatoms. The minimum atomic E-state index is -3.51. The fraction of sp³-hybridized carbons (Fsp3) is 0.421. The Morgan fingerprint density at radius 1 is 1.15 bits per heavy atom. The van der Waals surface area contributed by atoms with Gasteiger partial charge in [-0.05, 0) is 69.0 Å². The monoisotopic (exact) mass is 374 g/mol. The first-order valence-corrected chi connectivity index (χ1v) is 10.4. The highest BCUT2D eigenvalue weighted by Crippen LogP contribution is 2.35. The van der Waals surface area contributed by atoms with E-state index in [4.69, 9.17) is 4.42 Å². The van der Waals surface area contributed by atoms with E-state index in [0.29, 0.717) is 5.56 Å². The normalized spacial score (nSPS) is 18.5. The predicted molar refractivity (Wildman–Crippen MR) is 96.1 cm³/mol. The van der Waals surface area contributed by atoms with Gasteiger partial charge in [-0.3, -0.25) is 4.79 Å². The van der Waals surface area contributed by atoms with Gasteiger partial charge in [0.2, 0.25) is 10.0 Å². The first-order valence-electron chi connectivity index (χ1n) is 8.94. The van der Waals surface area contributed by atoms with Crippen LogP contribution in [0, 0.1) is 0 Å². The maximum absolute atomic E-state index is 13.0. The van der Waals surface area contributed by atoms with Gasteiger partial charge in [0.1, 0.15) is 5.76 Å². The van der Waals surface area contributed by atoms with Gasteiger partial charge in [-0.25, -0.2) is 13.1 Å². The molecule has 1 heterocycles. The lowest BCUT2D eigenvalue weighted by atomic mass is 10.1. The second-order valence-corrected chi connectivity index (χ2v) is 8.77. The maximum atomic E-state index is 13.0. The zero-order valence-corrected chi connectivity index (χ0v) is 15.4. The number of benzene rings is 1. The number of hydrogen-bond donors (Lipinski definition) is 1. The molecule has 1 aromatic heterocycles. The molecule has 26 heavy (non-hydrogen) atoms. The molecule has 1 unspecified atom stereocenters. The molecular weight excluding hydrogens is 352 g/mol. The van der Waals surface area contributed by atoms with Gasteiger partial charge in [0.25, 0.3) is 5.91 Å². The molecule has 1 amide bonds. The molecule has 1 aromatic carbocycles. The molecule has 138 valence electrons. The zero-order valence-electron chi connectivity index (χ0n) is 14.6. The summed E-state index contributed by atoms with van der Waals surface area (Å²) in [7, 11) is -3.51. The number of hydrogen-bond acceptors (Lipinski definition) is 4. The van der Waals surface area contributed by atoms with Gasteiger partial charge in [0.15, 0.2) is 0 Å². The Kier molecular flexibility index (Phi) is 4.36. The van der Waals surface area contributed by atoms with Crippen molar-refractivity contribution in [3.8, 4) is 0 Å². The molecule has 2 aliphatic rings. The van der Waals surface area contributed by atoms with Gasteiger partial charge >= 0.3 is 0 Å². The molecule has 1 N–H and O–H groups in total. The molecule has 2 fully saturated rings. The van der Waals surface area contributed by atoms with Crippen molar-refractivity contribution in [2.75, 3.05) is 0 Å². The summed E-state index contributed by atoms with van der Waals surface area (Å²) in [5, 5.41) is 0. The van der Waals surface area contributed by atoms with Gasteiger partial charge in [0, 0.05) is 17.6 Å². The Morgan fingerprint density at radius 2 is 1.85 bits per heavy atom. The zero-order chi connectivity index (χ0) is 18.3. The van der Waals surface area contributed by atoms with Crippen molar-refractivity contribution >= 4 is 15.9 Å². The van der Waals surface area contributed by atoms with E-state index in [2.05, 4.69) is 4.72 Å². The number of nitrogens with one attached hydrogen (secondary N) is 1. The number of carbonyl (C=O) groups excluding carboxylic acids is 1. The maximum Gasteiger partial charge on any atom is 0.254 e. The van der Waals surface area contributed by atoms with Crippen LogP contribution >= 0.6 is 0 Å². The van der Waals surface area contributed by atoms with Crippen LogP contribution in [-0.4, -0.2) is 31.3 Å². The molecule has 1 atom stereocenters. The van der Waals surface area contributed by atoms with Crippen molar-refractivity contribution in [2.45, 2.75) is 55.6 Å². The third-order valence-corrected chi connectivity index (χ3v) is 6.39. The molecule has 0 bridgehead atoms. The third kappa shape index (κ3) is 3.54. The Balaban J connectivity index is 1.54. The van der Waals surface area contributed by atoms with Crippen molar-refractivity contribution in [1.29, 1.82) is 0 Å². The fourth-order valence-corrected chi connectivity index (χ4v) is 4.40. The van der Waals surface area contributed by atoms with Crippen molar-refractivity contribution in [3.63, 3.8) is 0 Å². The molecule has 0 radical (unpaired) electrons. The molecule has 0 spiro atoms. The van der Waals surface area contributed by atoms with E-state index in [1.54, 1.807) is 18.4 Å². The van der Waals surface area contributed by atoms with Crippen LogP contribution in [0.1, 0.15) is 54.8 Å². The average Bonchev–Trinajstić information content (AvgIpc) is 3.56. The van der Waals surface area contributed by atoms with Gasteiger partial charge in [-0.1, -0.05) is 0 Å². The van der Waals surface area contributed by atoms with Crippen molar-refractivity contribution < 1.29 is 17.6 Å². The summed E-state index contributed by atoms with van der Waals surface area (Å²) < 4.78 is 32.6. The molecule has 4 rings (SSSR count). The minimum Gasteiger partial charge on any atom is -0.467 e. The van der Waals surface area contributed by atoms with Crippen LogP contribution in [0.4, 0.5) is 0 Å². The first-order chi connectivity index (χ1) is 12.5. The lowest BCUT2D eigenvalue weighted by molar-refractivity contribution is 0.0652. The number of rotatable bonds is 7. The first kappa shape index (κ1) is 17.3. The Labute approximate surface area is 153 Å². The highest BCUT2D eigenvalue weighted by Gasteiger charge is 2.37. The second kappa shape index (κ2) is 6.55. The van der Waals surface area contributed by atoms with Gasteiger partial charge < -0.3 is 9.32 Å². The van der Waals surface area contributed by atoms with Crippen LogP contribution in [0.3, 0.4) is 0 Å².